The minimum absolute atomic E-state index is 0. The third kappa shape index (κ3) is 58.1. The van der Waals surface area contributed by atoms with Crippen molar-refractivity contribution >= 4 is 115 Å². The van der Waals surface area contributed by atoms with E-state index < -0.39 is 10.4 Å². The standard InChI is InChI=1S/Ba.H2O4S.H3P.Sr/c;1-5(2,3)4;;/h;(H2,1,2,3,4);1H3;/q+2;;;+2/p-2. The van der Waals surface area contributed by atoms with Crippen LogP contribution < -0.4 is 0 Å². The first-order valence-corrected chi connectivity index (χ1v) is 2.00. The zero-order chi connectivity index (χ0) is 4.50. The Morgan fingerprint density at radius 2 is 1.12 bits per heavy atom. The predicted octanol–water partition coefficient (Wildman–Crippen LogP) is -2.04. The minimum Gasteiger partial charge on any atom is -0.759 e. The second kappa shape index (κ2) is 10.4. The van der Waals surface area contributed by atoms with Gasteiger partial charge in [0.2, 0.25) is 0 Å². The molecule has 8 heavy (non-hydrogen) atoms. The first-order valence-electron chi connectivity index (χ1n) is 0.667. The average molecular weight is 355 g/mol. The van der Waals surface area contributed by atoms with Crippen LogP contribution in [0.5, 0.6) is 0 Å². The molecule has 4 nitrogen and oxygen atoms in total. The van der Waals surface area contributed by atoms with Crippen molar-refractivity contribution in [3.05, 3.63) is 0 Å². The van der Waals surface area contributed by atoms with Gasteiger partial charge >= 0.3 is 94.4 Å². The summed E-state index contributed by atoms with van der Waals surface area (Å²) in [6.45, 7) is 0. The van der Waals surface area contributed by atoms with Gasteiger partial charge in [0, 0.05) is 10.4 Å². The Hall–Kier alpha value is 3.35. The monoisotopic (exact) mass is 356 g/mol. The summed E-state index contributed by atoms with van der Waals surface area (Å²) in [7, 11) is -5.17. The molecule has 0 spiro atoms. The molecule has 0 fully saturated rings. The molecule has 8 heteroatoms. The van der Waals surface area contributed by atoms with Gasteiger partial charge < -0.3 is 9.11 Å². The number of hydrogen-bond donors (Lipinski definition) is 0. The van der Waals surface area contributed by atoms with Crippen LogP contribution in [-0.2, 0) is 10.4 Å². The van der Waals surface area contributed by atoms with Crippen molar-refractivity contribution in [1.82, 2.24) is 0 Å². The van der Waals surface area contributed by atoms with E-state index in [0.29, 0.717) is 0 Å². The van der Waals surface area contributed by atoms with Crippen molar-refractivity contribution in [3.63, 3.8) is 0 Å². The summed E-state index contributed by atoms with van der Waals surface area (Å²) in [6.07, 6.45) is 0. The van der Waals surface area contributed by atoms with Crippen molar-refractivity contribution in [1.29, 1.82) is 0 Å². The molecule has 40 valence electrons. The van der Waals surface area contributed by atoms with E-state index >= 15 is 0 Å². The molecular weight excluding hydrogens is 352 g/mol. The molecule has 1 unspecified atom stereocenters. The second-order valence-corrected chi connectivity index (χ2v) is 1.22. The van der Waals surface area contributed by atoms with Gasteiger partial charge in [-0.05, 0) is 0 Å². The first-order chi connectivity index (χ1) is 2.00. The first kappa shape index (κ1) is 22.5. The molecule has 0 saturated carbocycles. The topological polar surface area (TPSA) is 80.3 Å². The zero-order valence-corrected chi connectivity index (χ0v) is 14.3. The largest absolute Gasteiger partial charge is 2.00 e. The molecule has 0 rings (SSSR count). The van der Waals surface area contributed by atoms with Crippen molar-refractivity contribution in [2.45, 2.75) is 0 Å². The Morgan fingerprint density at radius 1 is 1.12 bits per heavy atom. The molecule has 0 aliphatic heterocycles. The van der Waals surface area contributed by atoms with Crippen LogP contribution in [0.1, 0.15) is 0 Å². The SMILES string of the molecule is O=S(=O)([O-])[O-].P.[Ba+2].[Sr+2]. The van der Waals surface area contributed by atoms with E-state index in [-0.39, 0.29) is 104 Å². The molecule has 0 aliphatic carbocycles. The third-order valence-electron chi connectivity index (χ3n) is 0. The molecule has 0 amide bonds. The fraction of sp³-hybridized carbons (Fsp3) is 0. The van der Waals surface area contributed by atoms with E-state index in [1.807, 2.05) is 0 Å². The van der Waals surface area contributed by atoms with E-state index in [2.05, 4.69) is 0 Å². The van der Waals surface area contributed by atoms with Crippen molar-refractivity contribution < 1.29 is 17.5 Å². The van der Waals surface area contributed by atoms with Gasteiger partial charge in [-0.2, -0.15) is 9.90 Å². The van der Waals surface area contributed by atoms with Crippen LogP contribution in [0.2, 0.25) is 0 Å². The predicted molar refractivity (Wildman–Crippen MR) is 33.1 cm³/mol. The Bertz CT molecular complexity index is 99.2. The van der Waals surface area contributed by atoms with Gasteiger partial charge in [0.25, 0.3) is 0 Å². The van der Waals surface area contributed by atoms with Crippen molar-refractivity contribution in [2.75, 3.05) is 0 Å². The van der Waals surface area contributed by atoms with Crippen molar-refractivity contribution in [3.8, 4) is 0 Å². The van der Waals surface area contributed by atoms with Gasteiger partial charge in [0.1, 0.15) is 0 Å². The fourth-order valence-electron chi connectivity index (χ4n) is 0. The molecule has 0 bridgehead atoms. The van der Waals surface area contributed by atoms with E-state index in [0.717, 1.165) is 0 Å². The quantitative estimate of drug-likeness (QED) is 0.217. The van der Waals surface area contributed by atoms with E-state index in [1.54, 1.807) is 0 Å². The maximum absolute atomic E-state index is 8.52. The normalized spacial score (nSPS) is 7.25. The smallest absolute Gasteiger partial charge is 0.759 e. The number of rotatable bonds is 0. The van der Waals surface area contributed by atoms with Crippen LogP contribution in [0.25, 0.3) is 0 Å². The van der Waals surface area contributed by atoms with Crippen LogP contribution in [-0.4, -0.2) is 112 Å². The average Bonchev–Trinajstić information content (AvgIpc) is 0.722. The van der Waals surface area contributed by atoms with Crippen LogP contribution in [0.4, 0.5) is 0 Å². The molecule has 0 aliphatic rings. The molecule has 0 heterocycles. The van der Waals surface area contributed by atoms with E-state index in [9.17, 15) is 0 Å². The fourth-order valence-corrected chi connectivity index (χ4v) is 0. The summed E-state index contributed by atoms with van der Waals surface area (Å²) in [4.78, 5) is 0. The van der Waals surface area contributed by atoms with Gasteiger partial charge in [-0.15, -0.1) is 0 Å². The van der Waals surface area contributed by atoms with Gasteiger partial charge in [0.15, 0.2) is 0 Å². The summed E-state index contributed by atoms with van der Waals surface area (Å²) in [5.74, 6) is 0. The molecule has 0 radical (unpaired) electrons. The Morgan fingerprint density at radius 3 is 1.12 bits per heavy atom. The summed E-state index contributed by atoms with van der Waals surface area (Å²) < 4.78 is 34.1. The van der Waals surface area contributed by atoms with Crippen LogP contribution in [0, 0.1) is 0 Å². The summed E-state index contributed by atoms with van der Waals surface area (Å²) in [6, 6.07) is 0. The summed E-state index contributed by atoms with van der Waals surface area (Å²) in [5, 5.41) is 0. The molecule has 0 N–H and O–H groups in total. The van der Waals surface area contributed by atoms with Crippen molar-refractivity contribution in [2.24, 2.45) is 0 Å². The second-order valence-electron chi connectivity index (χ2n) is 0.408. The summed E-state index contributed by atoms with van der Waals surface area (Å²) >= 11 is 0. The Labute approximate surface area is 129 Å². The maximum Gasteiger partial charge on any atom is 2.00 e. The van der Waals surface area contributed by atoms with Gasteiger partial charge in [-0.3, -0.25) is 8.42 Å². The summed E-state index contributed by atoms with van der Waals surface area (Å²) in [5.41, 5.74) is 0. The van der Waals surface area contributed by atoms with Gasteiger partial charge in [-0.1, -0.05) is 0 Å². The molecule has 1 atom stereocenters. The Balaban J connectivity index is -0.0000000267. The van der Waals surface area contributed by atoms with Crippen LogP contribution in [0.3, 0.4) is 0 Å². The maximum atomic E-state index is 8.52. The molecule has 0 saturated heterocycles. The molecule has 0 aromatic carbocycles. The van der Waals surface area contributed by atoms with Gasteiger partial charge in [-0.25, -0.2) is 0 Å². The van der Waals surface area contributed by atoms with Crippen LogP contribution >= 0.6 is 9.90 Å². The Kier molecular flexibility index (Phi) is 29.1. The van der Waals surface area contributed by atoms with E-state index in [4.69, 9.17) is 17.5 Å². The molecule has 0 aromatic rings. The molecular formula is H3BaO4PSSr+2. The minimum atomic E-state index is -5.17. The van der Waals surface area contributed by atoms with Gasteiger partial charge in [0.05, 0.1) is 0 Å². The molecule has 0 aromatic heterocycles. The van der Waals surface area contributed by atoms with E-state index in [1.165, 1.54) is 0 Å². The van der Waals surface area contributed by atoms with Crippen LogP contribution in [0.15, 0.2) is 0 Å². The zero-order valence-electron chi connectivity index (χ0n) is 4.16. The third-order valence-corrected chi connectivity index (χ3v) is 0. The number of hydrogen-bond acceptors (Lipinski definition) is 4.